The molecular weight excluding hydrogens is 335 g/mol. The lowest BCUT2D eigenvalue weighted by Gasteiger charge is -2.33. The summed E-state index contributed by atoms with van der Waals surface area (Å²) in [6.07, 6.45) is 4.65. The molecule has 1 atom stereocenters. The topological polar surface area (TPSA) is 51.2 Å². The van der Waals surface area contributed by atoms with Gasteiger partial charge in [-0.3, -0.25) is 4.98 Å². The third-order valence-corrected chi connectivity index (χ3v) is 4.33. The number of nitrogens with one attached hydrogen (secondary N) is 1. The Morgan fingerprint density at radius 2 is 2.09 bits per heavy atom. The summed E-state index contributed by atoms with van der Waals surface area (Å²) in [5.74, 6) is -0.376. The zero-order valence-corrected chi connectivity index (χ0v) is 14.5. The predicted molar refractivity (Wildman–Crippen MR) is 92.9 cm³/mol. The molecule has 0 aliphatic heterocycles. The minimum atomic E-state index is -1.03. The summed E-state index contributed by atoms with van der Waals surface area (Å²) in [5.41, 5.74) is 0.386. The van der Waals surface area contributed by atoms with E-state index in [1.54, 1.807) is 36.7 Å². The summed E-state index contributed by atoms with van der Waals surface area (Å²) < 4.78 is 5.06. The molecule has 0 aliphatic carbocycles. The Balaban J connectivity index is 2.51. The van der Waals surface area contributed by atoms with Crippen LogP contribution in [0.1, 0.15) is 25.3 Å². The molecular formula is C17H18Cl2N2O2. The average Bonchev–Trinajstić information content (AvgIpc) is 2.57. The lowest BCUT2D eigenvalue weighted by molar-refractivity contribution is -0.146. The predicted octanol–water partition coefficient (Wildman–Crippen LogP) is 4.67. The van der Waals surface area contributed by atoms with E-state index in [4.69, 9.17) is 27.9 Å². The highest BCUT2D eigenvalue weighted by molar-refractivity contribution is 6.42. The van der Waals surface area contributed by atoms with E-state index >= 15 is 0 Å². The molecule has 1 aromatic carbocycles. The number of rotatable bonds is 6. The van der Waals surface area contributed by atoms with Crippen LogP contribution in [0.4, 0.5) is 5.69 Å². The summed E-state index contributed by atoms with van der Waals surface area (Å²) in [6, 6.07) is 8.79. The molecule has 6 heteroatoms. The highest BCUT2D eigenvalue weighted by atomic mass is 35.5. The van der Waals surface area contributed by atoms with Crippen LogP contribution in [0.15, 0.2) is 42.7 Å². The van der Waals surface area contributed by atoms with Gasteiger partial charge in [0.1, 0.15) is 0 Å². The molecule has 0 bridgehead atoms. The van der Waals surface area contributed by atoms with Gasteiger partial charge < -0.3 is 10.1 Å². The minimum absolute atomic E-state index is 0.376. The number of halogens is 2. The van der Waals surface area contributed by atoms with Gasteiger partial charge in [0.05, 0.1) is 17.2 Å². The largest absolute Gasteiger partial charge is 0.467 e. The fraction of sp³-hybridized carbons (Fsp3) is 0.294. The quantitative estimate of drug-likeness (QED) is 0.767. The molecule has 23 heavy (non-hydrogen) atoms. The summed E-state index contributed by atoms with van der Waals surface area (Å²) in [4.78, 5) is 16.7. The van der Waals surface area contributed by atoms with Crippen LogP contribution < -0.4 is 5.32 Å². The molecule has 0 amide bonds. The van der Waals surface area contributed by atoms with Crippen molar-refractivity contribution in [2.45, 2.75) is 25.3 Å². The normalized spacial score (nSPS) is 13.2. The Bertz CT molecular complexity index is 680. The van der Waals surface area contributed by atoms with Crippen molar-refractivity contribution in [1.29, 1.82) is 0 Å². The van der Waals surface area contributed by atoms with Gasteiger partial charge in [-0.15, -0.1) is 0 Å². The number of pyridine rings is 1. The van der Waals surface area contributed by atoms with Crippen molar-refractivity contribution in [3.05, 3.63) is 58.3 Å². The first-order valence-corrected chi connectivity index (χ1v) is 8.01. The van der Waals surface area contributed by atoms with Crippen LogP contribution in [0, 0.1) is 0 Å². The number of esters is 1. The molecule has 1 unspecified atom stereocenters. The zero-order valence-electron chi connectivity index (χ0n) is 13.0. The number of hydrogen-bond acceptors (Lipinski definition) is 4. The molecule has 2 rings (SSSR count). The van der Waals surface area contributed by atoms with Crippen molar-refractivity contribution >= 4 is 34.9 Å². The fourth-order valence-electron chi connectivity index (χ4n) is 2.53. The molecule has 0 saturated heterocycles. The summed E-state index contributed by atoms with van der Waals surface area (Å²) >= 11 is 12.0. The Morgan fingerprint density at radius 1 is 1.30 bits per heavy atom. The van der Waals surface area contributed by atoms with Crippen molar-refractivity contribution in [2.75, 3.05) is 12.4 Å². The number of benzene rings is 1. The number of methoxy groups -OCH3 is 1. The van der Waals surface area contributed by atoms with Crippen molar-refractivity contribution in [3.8, 4) is 0 Å². The molecule has 2 aromatic rings. The van der Waals surface area contributed by atoms with Crippen LogP contribution in [0.2, 0.25) is 10.0 Å². The average molecular weight is 353 g/mol. The lowest BCUT2D eigenvalue weighted by atomic mass is 9.86. The SMILES string of the molecule is CCCC(Nc1ccc(Cl)c(Cl)c1)(C(=O)OC)c1cccnc1. The van der Waals surface area contributed by atoms with Crippen molar-refractivity contribution in [3.63, 3.8) is 0 Å². The van der Waals surface area contributed by atoms with E-state index in [-0.39, 0.29) is 5.97 Å². The molecule has 4 nitrogen and oxygen atoms in total. The first kappa shape index (κ1) is 17.6. The van der Waals surface area contributed by atoms with Gasteiger partial charge in [-0.25, -0.2) is 4.79 Å². The summed E-state index contributed by atoms with van der Waals surface area (Å²) in [6.45, 7) is 2.00. The van der Waals surface area contributed by atoms with E-state index in [9.17, 15) is 4.79 Å². The Labute approximate surface area is 145 Å². The molecule has 0 saturated carbocycles. The molecule has 0 radical (unpaired) electrons. The lowest BCUT2D eigenvalue weighted by Crippen LogP contribution is -2.44. The van der Waals surface area contributed by atoms with Crippen molar-refractivity contribution in [2.24, 2.45) is 0 Å². The number of aromatic nitrogens is 1. The van der Waals surface area contributed by atoms with Gasteiger partial charge in [0.2, 0.25) is 0 Å². The summed E-state index contributed by atoms with van der Waals surface area (Å²) in [5, 5.41) is 4.14. The van der Waals surface area contributed by atoms with Crippen LogP contribution in [0.5, 0.6) is 0 Å². The number of anilines is 1. The number of carbonyl (C=O) groups is 1. The van der Waals surface area contributed by atoms with Gasteiger partial charge in [-0.1, -0.05) is 42.6 Å². The van der Waals surface area contributed by atoms with E-state index in [2.05, 4.69) is 10.3 Å². The van der Waals surface area contributed by atoms with Crippen molar-refractivity contribution < 1.29 is 9.53 Å². The molecule has 0 spiro atoms. The highest BCUT2D eigenvalue weighted by Crippen LogP contribution is 2.34. The van der Waals surface area contributed by atoms with Crippen LogP contribution in [-0.4, -0.2) is 18.1 Å². The van der Waals surface area contributed by atoms with Crippen molar-refractivity contribution in [1.82, 2.24) is 4.98 Å². The van der Waals surface area contributed by atoms with Crippen LogP contribution in [0.3, 0.4) is 0 Å². The van der Waals surface area contributed by atoms with E-state index in [0.29, 0.717) is 22.2 Å². The highest BCUT2D eigenvalue weighted by Gasteiger charge is 2.41. The minimum Gasteiger partial charge on any atom is -0.467 e. The van der Waals surface area contributed by atoms with Gasteiger partial charge in [-0.2, -0.15) is 0 Å². The second-order valence-corrected chi connectivity index (χ2v) is 5.96. The maximum atomic E-state index is 12.6. The van der Waals surface area contributed by atoms with E-state index < -0.39 is 5.54 Å². The number of nitrogens with zero attached hydrogens (tertiary/aromatic N) is 1. The second kappa shape index (κ2) is 7.66. The van der Waals surface area contributed by atoms with Crippen LogP contribution >= 0.6 is 23.2 Å². The van der Waals surface area contributed by atoms with Gasteiger partial charge in [0, 0.05) is 23.6 Å². The standard InChI is InChI=1S/C17H18Cl2N2O2/c1-3-8-17(16(22)23-2,12-5-4-9-20-11-12)21-13-6-7-14(18)15(19)10-13/h4-7,9-11,21H,3,8H2,1-2H3. The van der Waals surface area contributed by atoms with Gasteiger partial charge in [0.25, 0.3) is 0 Å². The third kappa shape index (κ3) is 3.77. The summed E-state index contributed by atoms with van der Waals surface area (Å²) in [7, 11) is 1.37. The van der Waals surface area contributed by atoms with Gasteiger partial charge in [0.15, 0.2) is 5.54 Å². The Hall–Kier alpha value is -1.78. The van der Waals surface area contributed by atoms with Crippen LogP contribution in [-0.2, 0) is 15.1 Å². The molecule has 0 fully saturated rings. The van der Waals surface area contributed by atoms with E-state index in [1.165, 1.54) is 7.11 Å². The van der Waals surface area contributed by atoms with E-state index in [0.717, 1.165) is 12.0 Å². The van der Waals surface area contributed by atoms with Gasteiger partial charge in [-0.05, 0) is 30.7 Å². The third-order valence-electron chi connectivity index (χ3n) is 3.59. The number of hydrogen-bond donors (Lipinski definition) is 1. The molecule has 1 aromatic heterocycles. The Morgan fingerprint density at radius 3 is 2.65 bits per heavy atom. The van der Waals surface area contributed by atoms with E-state index in [1.807, 2.05) is 13.0 Å². The first-order valence-electron chi connectivity index (χ1n) is 7.25. The first-order chi connectivity index (χ1) is 11.0. The number of ether oxygens (including phenoxy) is 1. The molecule has 1 heterocycles. The zero-order chi connectivity index (χ0) is 16.9. The number of carbonyl (C=O) groups excluding carboxylic acids is 1. The second-order valence-electron chi connectivity index (χ2n) is 5.14. The maximum absolute atomic E-state index is 12.6. The fourth-order valence-corrected chi connectivity index (χ4v) is 2.83. The van der Waals surface area contributed by atoms with Gasteiger partial charge >= 0.3 is 5.97 Å². The molecule has 0 aliphatic rings. The Kier molecular flexibility index (Phi) is 5.85. The molecule has 122 valence electrons. The maximum Gasteiger partial charge on any atom is 0.336 e. The smallest absolute Gasteiger partial charge is 0.336 e. The monoisotopic (exact) mass is 352 g/mol. The molecule has 1 N–H and O–H groups in total. The van der Waals surface area contributed by atoms with Crippen LogP contribution in [0.25, 0.3) is 0 Å².